The number of hydrogen-bond acceptors (Lipinski definition) is 8. The summed E-state index contributed by atoms with van der Waals surface area (Å²) < 4.78 is 9.86. The largest absolute Gasteiger partial charge is 0.465 e. The van der Waals surface area contributed by atoms with E-state index >= 15 is 0 Å². The second kappa shape index (κ2) is 10.1. The third-order valence-electron chi connectivity index (χ3n) is 3.37. The van der Waals surface area contributed by atoms with Crippen LogP contribution >= 0.6 is 15.9 Å². The first-order valence-corrected chi connectivity index (χ1v) is 8.65. The second-order valence-electron chi connectivity index (χ2n) is 5.65. The van der Waals surface area contributed by atoms with Gasteiger partial charge < -0.3 is 14.8 Å². The lowest BCUT2D eigenvalue weighted by Gasteiger charge is -2.22. The van der Waals surface area contributed by atoms with Crippen molar-refractivity contribution in [3.05, 3.63) is 32.3 Å². The predicted molar refractivity (Wildman–Crippen MR) is 99.4 cm³/mol. The van der Waals surface area contributed by atoms with Gasteiger partial charge in [0, 0.05) is 23.1 Å². The van der Waals surface area contributed by atoms with Crippen LogP contribution in [0.2, 0.25) is 0 Å². The van der Waals surface area contributed by atoms with E-state index in [9.17, 15) is 19.7 Å². The molecule has 0 aliphatic heterocycles. The maximum absolute atomic E-state index is 11.6. The topological polar surface area (TPSA) is 111 Å². The van der Waals surface area contributed by atoms with Crippen LogP contribution < -0.4 is 5.32 Å². The molecule has 0 bridgehead atoms. The molecule has 0 heterocycles. The van der Waals surface area contributed by atoms with Crippen LogP contribution in [0.3, 0.4) is 0 Å². The third kappa shape index (κ3) is 6.26. The summed E-state index contributed by atoms with van der Waals surface area (Å²) in [6.45, 7) is 4.43. The fraction of sp³-hybridized carbons (Fsp3) is 0.500. The fourth-order valence-corrected chi connectivity index (χ4v) is 2.93. The Morgan fingerprint density at radius 1 is 1.42 bits per heavy atom. The first-order chi connectivity index (χ1) is 12.2. The number of likely N-dealkylation sites (N-methyl/N-ethyl adjacent to an activating group) is 1. The molecule has 1 N–H and O–H groups in total. The van der Waals surface area contributed by atoms with Gasteiger partial charge in [0.1, 0.15) is 5.69 Å². The van der Waals surface area contributed by atoms with Crippen LogP contribution in [0.25, 0.3) is 0 Å². The smallest absolute Gasteiger partial charge is 0.338 e. The van der Waals surface area contributed by atoms with Gasteiger partial charge in [-0.3, -0.25) is 19.8 Å². The molecule has 0 saturated heterocycles. The van der Waals surface area contributed by atoms with Crippen molar-refractivity contribution in [2.45, 2.75) is 19.9 Å². The highest BCUT2D eigenvalue weighted by Crippen LogP contribution is 2.34. The third-order valence-corrected chi connectivity index (χ3v) is 3.99. The van der Waals surface area contributed by atoms with Gasteiger partial charge in [-0.25, -0.2) is 4.79 Å². The normalized spacial score (nSPS) is 11.8. The van der Waals surface area contributed by atoms with Crippen LogP contribution in [0.4, 0.5) is 11.4 Å². The molecule has 9 nitrogen and oxygen atoms in total. The van der Waals surface area contributed by atoms with Crippen molar-refractivity contribution in [1.82, 2.24) is 4.90 Å². The molecular weight excluding hydrogens is 410 g/mol. The Bertz CT molecular complexity index is 682. The van der Waals surface area contributed by atoms with E-state index in [4.69, 9.17) is 4.74 Å². The lowest BCUT2D eigenvalue weighted by molar-refractivity contribution is -0.384. The van der Waals surface area contributed by atoms with Crippen LogP contribution in [0.15, 0.2) is 16.6 Å². The summed E-state index contributed by atoms with van der Waals surface area (Å²) in [6, 6.07) is 2.40. The zero-order chi connectivity index (χ0) is 19.9. The molecule has 10 heteroatoms. The van der Waals surface area contributed by atoms with E-state index in [2.05, 4.69) is 26.0 Å². The SMILES string of the molecule is CCOC(=O)CN(C)C[C@@H](C)Nc1c(Br)cc(C(=O)OC)cc1[N+](=O)[O-]. The first-order valence-electron chi connectivity index (χ1n) is 7.86. The van der Waals surface area contributed by atoms with Gasteiger partial charge in [0.2, 0.25) is 0 Å². The van der Waals surface area contributed by atoms with Crippen molar-refractivity contribution >= 4 is 39.2 Å². The lowest BCUT2D eigenvalue weighted by atomic mass is 10.1. The highest BCUT2D eigenvalue weighted by molar-refractivity contribution is 9.10. The van der Waals surface area contributed by atoms with Crippen molar-refractivity contribution in [1.29, 1.82) is 0 Å². The quantitative estimate of drug-likeness (QED) is 0.360. The van der Waals surface area contributed by atoms with Gasteiger partial charge in [0.05, 0.1) is 30.7 Å². The molecule has 144 valence electrons. The number of carbonyl (C=O) groups excluding carboxylic acids is 2. The Hall–Kier alpha value is -2.20. The number of hydrogen-bond donors (Lipinski definition) is 1. The number of methoxy groups -OCH3 is 1. The number of carbonyl (C=O) groups is 2. The fourth-order valence-electron chi connectivity index (χ4n) is 2.37. The first kappa shape index (κ1) is 21.8. The Morgan fingerprint density at radius 2 is 2.08 bits per heavy atom. The highest BCUT2D eigenvalue weighted by atomic mass is 79.9. The van der Waals surface area contributed by atoms with Crippen LogP contribution in [-0.4, -0.2) is 61.7 Å². The standard InChI is InChI=1S/C16H22BrN3O6/c1-5-26-14(21)9-19(3)8-10(2)18-15-12(17)6-11(16(22)25-4)7-13(15)20(23)24/h6-7,10,18H,5,8-9H2,1-4H3/t10-/m1/s1. The summed E-state index contributed by atoms with van der Waals surface area (Å²) in [5.41, 5.74) is 0.0723. The predicted octanol–water partition coefficient (Wildman–Crippen LogP) is 2.44. The van der Waals surface area contributed by atoms with Crippen LogP contribution in [0.5, 0.6) is 0 Å². The van der Waals surface area contributed by atoms with Gasteiger partial charge in [-0.1, -0.05) is 0 Å². The van der Waals surface area contributed by atoms with Gasteiger partial charge >= 0.3 is 11.9 Å². The number of nitrogens with one attached hydrogen (secondary N) is 1. The van der Waals surface area contributed by atoms with E-state index in [1.54, 1.807) is 18.9 Å². The summed E-state index contributed by atoms with van der Waals surface area (Å²) in [5, 5.41) is 14.4. The second-order valence-corrected chi connectivity index (χ2v) is 6.50. The summed E-state index contributed by atoms with van der Waals surface area (Å²) in [7, 11) is 2.95. The monoisotopic (exact) mass is 431 g/mol. The lowest BCUT2D eigenvalue weighted by Crippen LogP contribution is -2.36. The number of nitrogens with zero attached hydrogens (tertiary/aromatic N) is 2. The zero-order valence-corrected chi connectivity index (χ0v) is 16.7. The van der Waals surface area contributed by atoms with Gasteiger partial charge in [-0.2, -0.15) is 0 Å². The molecule has 0 radical (unpaired) electrons. The summed E-state index contributed by atoms with van der Waals surface area (Å²) in [5.74, 6) is -1.00. The Balaban J connectivity index is 2.92. The van der Waals surface area contributed by atoms with Crippen molar-refractivity contribution < 1.29 is 24.0 Å². The van der Waals surface area contributed by atoms with E-state index < -0.39 is 10.9 Å². The average molecular weight is 432 g/mol. The molecule has 1 rings (SSSR count). The molecule has 0 aliphatic carbocycles. The summed E-state index contributed by atoms with van der Waals surface area (Å²) in [4.78, 5) is 35.7. The van der Waals surface area contributed by atoms with E-state index in [1.807, 2.05) is 6.92 Å². The van der Waals surface area contributed by atoms with Crippen molar-refractivity contribution in [2.24, 2.45) is 0 Å². The Morgan fingerprint density at radius 3 is 2.62 bits per heavy atom. The van der Waals surface area contributed by atoms with Crippen LogP contribution in [0.1, 0.15) is 24.2 Å². The Kier molecular flexibility index (Phi) is 8.46. The number of nitro groups is 1. The molecule has 0 aliphatic rings. The number of ether oxygens (including phenoxy) is 2. The van der Waals surface area contributed by atoms with Crippen molar-refractivity contribution in [3.63, 3.8) is 0 Å². The molecular formula is C16H22BrN3O6. The van der Waals surface area contributed by atoms with Crippen molar-refractivity contribution in [3.8, 4) is 0 Å². The van der Waals surface area contributed by atoms with Gasteiger partial charge in [-0.05, 0) is 42.9 Å². The molecule has 0 spiro atoms. The molecule has 1 aromatic carbocycles. The van der Waals surface area contributed by atoms with Gasteiger partial charge in [0.15, 0.2) is 0 Å². The number of benzene rings is 1. The van der Waals surface area contributed by atoms with Crippen LogP contribution in [0, 0.1) is 10.1 Å². The van der Waals surface area contributed by atoms with Gasteiger partial charge in [0.25, 0.3) is 5.69 Å². The van der Waals surface area contributed by atoms with Crippen LogP contribution in [-0.2, 0) is 14.3 Å². The Labute approximate surface area is 159 Å². The molecule has 26 heavy (non-hydrogen) atoms. The van der Waals surface area contributed by atoms with Gasteiger partial charge in [-0.15, -0.1) is 0 Å². The van der Waals surface area contributed by atoms with E-state index in [0.29, 0.717) is 17.6 Å². The van der Waals surface area contributed by atoms with E-state index in [1.165, 1.54) is 13.2 Å². The molecule has 0 amide bonds. The molecule has 1 atom stereocenters. The maximum Gasteiger partial charge on any atom is 0.338 e. The minimum Gasteiger partial charge on any atom is -0.465 e. The highest BCUT2D eigenvalue weighted by Gasteiger charge is 2.23. The zero-order valence-electron chi connectivity index (χ0n) is 15.1. The summed E-state index contributed by atoms with van der Waals surface area (Å²) in [6.07, 6.45) is 0. The van der Waals surface area contributed by atoms with Crippen molar-refractivity contribution in [2.75, 3.05) is 39.2 Å². The molecule has 0 unspecified atom stereocenters. The minimum absolute atomic E-state index is 0.0729. The number of nitro benzene ring substituents is 1. The number of esters is 2. The summed E-state index contributed by atoms with van der Waals surface area (Å²) >= 11 is 3.26. The average Bonchev–Trinajstić information content (AvgIpc) is 2.55. The maximum atomic E-state index is 11.6. The number of halogens is 1. The van der Waals surface area contributed by atoms with E-state index in [0.717, 1.165) is 6.07 Å². The molecule has 0 fully saturated rings. The molecule has 0 aromatic heterocycles. The number of anilines is 1. The number of rotatable bonds is 9. The van der Waals surface area contributed by atoms with E-state index in [-0.39, 0.29) is 35.5 Å². The molecule has 1 aromatic rings. The minimum atomic E-state index is -0.664. The molecule has 0 saturated carbocycles.